The molecule has 102 valence electrons. The molecule has 0 radical (unpaired) electrons. The van der Waals surface area contributed by atoms with E-state index in [-0.39, 0.29) is 0 Å². The van der Waals surface area contributed by atoms with E-state index in [2.05, 4.69) is 5.10 Å². The van der Waals surface area contributed by atoms with Crippen LogP contribution in [0.2, 0.25) is 5.02 Å². The molecule has 1 heterocycles. The van der Waals surface area contributed by atoms with E-state index in [1.165, 1.54) is 0 Å². The van der Waals surface area contributed by atoms with E-state index in [1.54, 1.807) is 32.0 Å². The van der Waals surface area contributed by atoms with Gasteiger partial charge in [0.2, 0.25) is 0 Å². The highest BCUT2D eigenvalue weighted by molar-refractivity contribution is 6.30. The number of hydrogen-bond acceptors (Lipinski definition) is 3. The molecule has 1 aromatic heterocycles. The largest absolute Gasteiger partial charge is 0.493 e. The van der Waals surface area contributed by atoms with Crippen molar-refractivity contribution in [3.8, 4) is 5.75 Å². The Kier molecular flexibility index (Phi) is 3.83. The van der Waals surface area contributed by atoms with E-state index < -0.39 is 5.60 Å². The molecule has 2 rings (SSSR count). The van der Waals surface area contributed by atoms with Crippen LogP contribution in [0.15, 0.2) is 30.5 Å². The van der Waals surface area contributed by atoms with Crippen molar-refractivity contribution >= 4 is 11.6 Å². The molecule has 0 amide bonds. The van der Waals surface area contributed by atoms with Crippen molar-refractivity contribution in [2.24, 2.45) is 7.05 Å². The molecule has 0 aliphatic carbocycles. The van der Waals surface area contributed by atoms with E-state index in [1.807, 2.05) is 24.3 Å². The summed E-state index contributed by atoms with van der Waals surface area (Å²) in [6.07, 6.45) is 2.06. The smallest absolute Gasteiger partial charge is 0.162 e. The van der Waals surface area contributed by atoms with Gasteiger partial charge in [0.15, 0.2) is 5.75 Å². The first-order valence-electron chi connectivity index (χ1n) is 5.97. The van der Waals surface area contributed by atoms with E-state index in [9.17, 15) is 5.11 Å². The molecule has 1 unspecified atom stereocenters. The second-order valence-corrected chi connectivity index (χ2v) is 5.20. The fourth-order valence-electron chi connectivity index (χ4n) is 2.26. The first kappa shape index (κ1) is 13.9. The van der Waals surface area contributed by atoms with Gasteiger partial charge in [0.05, 0.1) is 13.3 Å². The Hall–Kier alpha value is -1.52. The van der Waals surface area contributed by atoms with E-state index in [0.717, 1.165) is 5.56 Å². The normalized spacial score (nSPS) is 14.2. The number of aliphatic hydroxyl groups is 1. The van der Waals surface area contributed by atoms with Crippen LogP contribution in [0.3, 0.4) is 0 Å². The van der Waals surface area contributed by atoms with Gasteiger partial charge in [-0.05, 0) is 24.6 Å². The summed E-state index contributed by atoms with van der Waals surface area (Å²) >= 11 is 5.86. The van der Waals surface area contributed by atoms with Gasteiger partial charge >= 0.3 is 0 Å². The van der Waals surface area contributed by atoms with Crippen LogP contribution in [0.4, 0.5) is 0 Å². The van der Waals surface area contributed by atoms with Crippen LogP contribution in [0.25, 0.3) is 0 Å². The van der Waals surface area contributed by atoms with Crippen molar-refractivity contribution in [2.75, 3.05) is 7.11 Å². The molecule has 0 saturated carbocycles. The van der Waals surface area contributed by atoms with Crippen molar-refractivity contribution in [1.82, 2.24) is 9.78 Å². The lowest BCUT2D eigenvalue weighted by Crippen LogP contribution is -2.28. The number of aromatic nitrogens is 2. The van der Waals surface area contributed by atoms with Gasteiger partial charge in [-0.3, -0.25) is 4.68 Å². The zero-order valence-corrected chi connectivity index (χ0v) is 12.0. The Morgan fingerprint density at radius 3 is 2.58 bits per heavy atom. The van der Waals surface area contributed by atoms with Gasteiger partial charge in [0, 0.05) is 18.5 Å². The maximum absolute atomic E-state index is 10.7. The molecular formula is C14H17ClN2O2. The number of benzene rings is 1. The first-order valence-corrected chi connectivity index (χ1v) is 6.35. The Bertz CT molecular complexity index is 561. The van der Waals surface area contributed by atoms with Gasteiger partial charge in [-0.2, -0.15) is 5.10 Å². The second kappa shape index (κ2) is 5.23. The molecule has 0 fully saturated rings. The van der Waals surface area contributed by atoms with E-state index >= 15 is 0 Å². The van der Waals surface area contributed by atoms with Crippen molar-refractivity contribution in [2.45, 2.75) is 18.9 Å². The summed E-state index contributed by atoms with van der Waals surface area (Å²) in [4.78, 5) is 0. The Balaban J connectivity index is 2.31. The highest BCUT2D eigenvalue weighted by atomic mass is 35.5. The number of rotatable bonds is 4. The quantitative estimate of drug-likeness (QED) is 0.936. The SMILES string of the molecule is COc1cnn(C)c1C(C)(O)Cc1ccc(Cl)cc1. The Labute approximate surface area is 117 Å². The number of nitrogens with zero attached hydrogens (tertiary/aromatic N) is 2. The lowest BCUT2D eigenvalue weighted by Gasteiger charge is -2.24. The van der Waals surface area contributed by atoms with Gasteiger partial charge in [-0.25, -0.2) is 0 Å². The third-order valence-corrected chi connectivity index (χ3v) is 3.35. The molecule has 0 spiro atoms. The van der Waals surface area contributed by atoms with Gasteiger partial charge in [-0.1, -0.05) is 23.7 Å². The molecule has 0 saturated heterocycles. The molecule has 0 aliphatic rings. The van der Waals surface area contributed by atoms with Crippen molar-refractivity contribution in [3.63, 3.8) is 0 Å². The number of halogens is 1. The standard InChI is InChI=1S/C14H17ClN2O2/c1-14(18,8-10-4-6-11(15)7-5-10)13-12(19-3)9-16-17(13)2/h4-7,9,18H,8H2,1-3H3. The zero-order valence-electron chi connectivity index (χ0n) is 11.2. The molecule has 4 nitrogen and oxygen atoms in total. The zero-order chi connectivity index (χ0) is 14.0. The molecule has 0 bridgehead atoms. The van der Waals surface area contributed by atoms with Crippen molar-refractivity contribution < 1.29 is 9.84 Å². The molecule has 0 aliphatic heterocycles. The molecule has 19 heavy (non-hydrogen) atoms. The Morgan fingerprint density at radius 2 is 2.00 bits per heavy atom. The maximum Gasteiger partial charge on any atom is 0.162 e. The summed E-state index contributed by atoms with van der Waals surface area (Å²) in [5, 5.41) is 15.5. The van der Waals surface area contributed by atoms with Crippen LogP contribution in [-0.4, -0.2) is 22.0 Å². The summed E-state index contributed by atoms with van der Waals surface area (Å²) in [6, 6.07) is 7.43. The second-order valence-electron chi connectivity index (χ2n) is 4.76. The minimum Gasteiger partial charge on any atom is -0.493 e. The minimum atomic E-state index is -1.07. The topological polar surface area (TPSA) is 47.3 Å². The highest BCUT2D eigenvalue weighted by Crippen LogP contribution is 2.32. The monoisotopic (exact) mass is 280 g/mol. The van der Waals surface area contributed by atoms with Crippen LogP contribution >= 0.6 is 11.6 Å². The summed E-state index contributed by atoms with van der Waals surface area (Å²) in [5.41, 5.74) is 0.590. The van der Waals surface area contributed by atoms with Crippen LogP contribution in [0.5, 0.6) is 5.75 Å². The average Bonchev–Trinajstić information content (AvgIpc) is 2.74. The number of ether oxygens (including phenoxy) is 1. The summed E-state index contributed by atoms with van der Waals surface area (Å²) < 4.78 is 6.88. The molecule has 1 aromatic carbocycles. The molecule has 5 heteroatoms. The Morgan fingerprint density at radius 1 is 1.37 bits per heavy atom. The predicted octanol–water partition coefficient (Wildman–Crippen LogP) is 2.53. The van der Waals surface area contributed by atoms with Gasteiger partial charge in [-0.15, -0.1) is 0 Å². The van der Waals surface area contributed by atoms with Crippen LogP contribution in [-0.2, 0) is 19.1 Å². The number of hydrogen-bond donors (Lipinski definition) is 1. The summed E-state index contributed by atoms with van der Waals surface area (Å²) in [7, 11) is 3.35. The highest BCUT2D eigenvalue weighted by Gasteiger charge is 2.31. The first-order chi connectivity index (χ1) is 8.94. The fourth-order valence-corrected chi connectivity index (χ4v) is 2.39. The summed E-state index contributed by atoms with van der Waals surface area (Å²) in [5.74, 6) is 0.585. The van der Waals surface area contributed by atoms with Gasteiger partial charge in [0.25, 0.3) is 0 Å². The molecule has 1 atom stereocenters. The fraction of sp³-hybridized carbons (Fsp3) is 0.357. The van der Waals surface area contributed by atoms with Crippen LogP contribution in [0, 0.1) is 0 Å². The summed E-state index contributed by atoms with van der Waals surface area (Å²) in [6.45, 7) is 1.75. The molecule has 2 aromatic rings. The maximum atomic E-state index is 10.7. The van der Waals surface area contributed by atoms with E-state index in [0.29, 0.717) is 22.9 Å². The lowest BCUT2D eigenvalue weighted by molar-refractivity contribution is 0.0463. The van der Waals surface area contributed by atoms with Crippen molar-refractivity contribution in [1.29, 1.82) is 0 Å². The third kappa shape index (κ3) is 2.91. The number of methoxy groups -OCH3 is 1. The predicted molar refractivity (Wildman–Crippen MR) is 74.5 cm³/mol. The van der Waals surface area contributed by atoms with E-state index in [4.69, 9.17) is 16.3 Å². The third-order valence-electron chi connectivity index (χ3n) is 3.10. The lowest BCUT2D eigenvalue weighted by atomic mass is 9.92. The molecule has 1 N–H and O–H groups in total. The molecular weight excluding hydrogens is 264 g/mol. The average molecular weight is 281 g/mol. The number of aryl methyl sites for hydroxylation is 1. The minimum absolute atomic E-state index is 0.458. The van der Waals surface area contributed by atoms with Crippen LogP contribution < -0.4 is 4.74 Å². The van der Waals surface area contributed by atoms with Crippen LogP contribution in [0.1, 0.15) is 18.2 Å². The van der Waals surface area contributed by atoms with Gasteiger partial charge in [0.1, 0.15) is 11.3 Å². The van der Waals surface area contributed by atoms with Gasteiger partial charge < -0.3 is 9.84 Å². The van der Waals surface area contributed by atoms with Crippen molar-refractivity contribution in [3.05, 3.63) is 46.7 Å².